The molecule has 2 aromatic rings. The highest BCUT2D eigenvalue weighted by molar-refractivity contribution is 14.0. The molecule has 0 bridgehead atoms. The van der Waals surface area contributed by atoms with Crippen molar-refractivity contribution in [2.24, 2.45) is 12.0 Å². The number of aryl methyl sites for hydroxylation is 1. The Kier molecular flexibility index (Phi) is 7.03. The number of hydrogen-bond donors (Lipinski definition) is 1. The van der Waals surface area contributed by atoms with Crippen molar-refractivity contribution in [1.29, 1.82) is 0 Å². The first-order chi connectivity index (χ1) is 11.7. The van der Waals surface area contributed by atoms with E-state index in [0.717, 1.165) is 43.5 Å². The summed E-state index contributed by atoms with van der Waals surface area (Å²) in [6.45, 7) is 4.22. The van der Waals surface area contributed by atoms with Crippen LogP contribution in [0.5, 0.6) is 0 Å². The van der Waals surface area contributed by atoms with E-state index in [-0.39, 0.29) is 29.8 Å². The molecule has 1 N–H and O–H groups in total. The maximum atomic E-state index is 13.0. The molecule has 136 valence electrons. The summed E-state index contributed by atoms with van der Waals surface area (Å²) in [5.41, 5.74) is 2.18. The molecule has 0 unspecified atom stereocenters. The molecule has 0 radical (unpaired) electrons. The molecular weight excluding hydrogens is 434 g/mol. The number of nitrogens with one attached hydrogen (secondary N) is 1. The predicted molar refractivity (Wildman–Crippen MR) is 109 cm³/mol. The number of nitrogens with zero attached hydrogens (tertiary/aromatic N) is 5. The SMILES string of the molecule is CN=C(NCc1ccnn1C)N1CCN(c2ccc(F)cc2)CC1.I. The van der Waals surface area contributed by atoms with Gasteiger partial charge in [-0.2, -0.15) is 5.10 Å². The van der Waals surface area contributed by atoms with Gasteiger partial charge in [0.05, 0.1) is 12.2 Å². The third-order valence-corrected chi connectivity index (χ3v) is 4.33. The summed E-state index contributed by atoms with van der Waals surface area (Å²) >= 11 is 0. The van der Waals surface area contributed by atoms with Crippen LogP contribution in [0.15, 0.2) is 41.5 Å². The number of anilines is 1. The van der Waals surface area contributed by atoms with Gasteiger partial charge in [-0.05, 0) is 30.3 Å². The molecular formula is C17H24FIN6. The molecule has 3 rings (SSSR count). The number of halogens is 2. The molecule has 1 aliphatic rings. The van der Waals surface area contributed by atoms with Crippen LogP contribution in [0.4, 0.5) is 10.1 Å². The summed E-state index contributed by atoms with van der Waals surface area (Å²) in [4.78, 5) is 8.90. The topological polar surface area (TPSA) is 48.7 Å². The van der Waals surface area contributed by atoms with Crippen molar-refractivity contribution in [3.05, 3.63) is 48.0 Å². The van der Waals surface area contributed by atoms with Crippen LogP contribution in [0, 0.1) is 5.82 Å². The van der Waals surface area contributed by atoms with Crippen LogP contribution in [0.25, 0.3) is 0 Å². The summed E-state index contributed by atoms with van der Waals surface area (Å²) in [6, 6.07) is 8.68. The molecule has 6 nitrogen and oxygen atoms in total. The highest BCUT2D eigenvalue weighted by Gasteiger charge is 2.19. The molecule has 25 heavy (non-hydrogen) atoms. The monoisotopic (exact) mass is 458 g/mol. The zero-order valence-electron chi connectivity index (χ0n) is 14.5. The summed E-state index contributed by atoms with van der Waals surface area (Å²) in [5.74, 6) is 0.701. The van der Waals surface area contributed by atoms with E-state index in [4.69, 9.17) is 0 Å². The van der Waals surface area contributed by atoms with Crippen molar-refractivity contribution in [3.8, 4) is 0 Å². The number of aliphatic imine (C=N–C) groups is 1. The van der Waals surface area contributed by atoms with E-state index in [1.54, 1.807) is 13.2 Å². The average Bonchev–Trinajstić information content (AvgIpc) is 3.02. The maximum absolute atomic E-state index is 13.0. The number of aromatic nitrogens is 2. The summed E-state index contributed by atoms with van der Waals surface area (Å²) < 4.78 is 14.9. The van der Waals surface area contributed by atoms with Gasteiger partial charge in [0.15, 0.2) is 5.96 Å². The number of rotatable bonds is 3. The fraction of sp³-hybridized carbons (Fsp3) is 0.412. The second-order valence-corrected chi connectivity index (χ2v) is 5.80. The molecule has 2 heterocycles. The first-order valence-corrected chi connectivity index (χ1v) is 8.10. The Bertz CT molecular complexity index is 691. The Morgan fingerprint density at radius 3 is 2.40 bits per heavy atom. The van der Waals surface area contributed by atoms with Crippen molar-refractivity contribution in [3.63, 3.8) is 0 Å². The van der Waals surface area contributed by atoms with E-state index < -0.39 is 0 Å². The van der Waals surface area contributed by atoms with E-state index in [2.05, 4.69) is 25.2 Å². The normalized spacial score (nSPS) is 15.1. The van der Waals surface area contributed by atoms with Crippen LogP contribution in [-0.4, -0.2) is 53.9 Å². The standard InChI is InChI=1S/C17H23FN6.HI/c1-19-17(20-13-16-7-8-21-22(16)2)24-11-9-23(10-12-24)15-5-3-14(18)4-6-15;/h3-8H,9-13H2,1-2H3,(H,19,20);1H. The second-order valence-electron chi connectivity index (χ2n) is 5.80. The molecule has 0 saturated carbocycles. The Hall–Kier alpha value is -1.84. The van der Waals surface area contributed by atoms with Crippen molar-refractivity contribution in [2.75, 3.05) is 38.1 Å². The van der Waals surface area contributed by atoms with Crippen LogP contribution >= 0.6 is 24.0 Å². The zero-order valence-corrected chi connectivity index (χ0v) is 16.9. The molecule has 0 atom stereocenters. The molecule has 1 saturated heterocycles. The van der Waals surface area contributed by atoms with Gasteiger partial charge in [-0.15, -0.1) is 24.0 Å². The lowest BCUT2D eigenvalue weighted by Crippen LogP contribution is -2.52. The van der Waals surface area contributed by atoms with Crippen molar-refractivity contribution >= 4 is 35.6 Å². The Morgan fingerprint density at radius 2 is 1.84 bits per heavy atom. The lowest BCUT2D eigenvalue weighted by Gasteiger charge is -2.37. The number of hydrogen-bond acceptors (Lipinski definition) is 3. The van der Waals surface area contributed by atoms with Gasteiger partial charge in [-0.3, -0.25) is 9.67 Å². The minimum Gasteiger partial charge on any atom is -0.368 e. The Labute approximate surface area is 164 Å². The number of piperazine rings is 1. The van der Waals surface area contributed by atoms with Crippen LogP contribution in [0.1, 0.15) is 5.69 Å². The third-order valence-electron chi connectivity index (χ3n) is 4.33. The van der Waals surface area contributed by atoms with Gasteiger partial charge in [0, 0.05) is 52.2 Å². The van der Waals surface area contributed by atoms with E-state index in [1.807, 2.05) is 29.9 Å². The van der Waals surface area contributed by atoms with E-state index in [1.165, 1.54) is 12.1 Å². The molecule has 1 aliphatic heterocycles. The average molecular weight is 458 g/mol. The van der Waals surface area contributed by atoms with Crippen LogP contribution < -0.4 is 10.2 Å². The Morgan fingerprint density at radius 1 is 1.16 bits per heavy atom. The fourth-order valence-corrected chi connectivity index (χ4v) is 2.90. The summed E-state index contributed by atoms with van der Waals surface area (Å²) in [5, 5.41) is 7.56. The Balaban J connectivity index is 0.00000225. The van der Waals surface area contributed by atoms with Gasteiger partial charge in [0.1, 0.15) is 5.82 Å². The number of benzene rings is 1. The predicted octanol–water partition coefficient (Wildman–Crippen LogP) is 2.07. The first-order valence-electron chi connectivity index (χ1n) is 8.10. The lowest BCUT2D eigenvalue weighted by atomic mass is 10.2. The maximum Gasteiger partial charge on any atom is 0.194 e. The summed E-state index contributed by atoms with van der Waals surface area (Å²) in [6.07, 6.45) is 1.79. The molecule has 1 fully saturated rings. The van der Waals surface area contributed by atoms with Crippen molar-refractivity contribution < 1.29 is 4.39 Å². The van der Waals surface area contributed by atoms with Crippen molar-refractivity contribution in [1.82, 2.24) is 20.0 Å². The van der Waals surface area contributed by atoms with E-state index >= 15 is 0 Å². The molecule has 1 aromatic carbocycles. The molecule has 8 heteroatoms. The molecule has 1 aromatic heterocycles. The molecule has 0 spiro atoms. The van der Waals surface area contributed by atoms with Gasteiger partial charge in [-0.1, -0.05) is 0 Å². The number of guanidine groups is 1. The highest BCUT2D eigenvalue weighted by atomic mass is 127. The van der Waals surface area contributed by atoms with Gasteiger partial charge in [-0.25, -0.2) is 4.39 Å². The minimum atomic E-state index is -0.197. The highest BCUT2D eigenvalue weighted by Crippen LogP contribution is 2.17. The van der Waals surface area contributed by atoms with Crippen LogP contribution in [0.3, 0.4) is 0 Å². The van der Waals surface area contributed by atoms with Gasteiger partial charge in [0.2, 0.25) is 0 Å². The molecule has 0 aliphatic carbocycles. The zero-order chi connectivity index (χ0) is 16.9. The first kappa shape index (κ1) is 19.5. The van der Waals surface area contributed by atoms with Gasteiger partial charge in [0.25, 0.3) is 0 Å². The third kappa shape index (κ3) is 4.83. The van der Waals surface area contributed by atoms with Gasteiger partial charge >= 0.3 is 0 Å². The van der Waals surface area contributed by atoms with Crippen LogP contribution in [0.2, 0.25) is 0 Å². The lowest BCUT2D eigenvalue weighted by molar-refractivity contribution is 0.372. The summed E-state index contributed by atoms with van der Waals surface area (Å²) in [7, 11) is 3.74. The largest absolute Gasteiger partial charge is 0.368 e. The minimum absolute atomic E-state index is 0. The van der Waals surface area contributed by atoms with E-state index in [9.17, 15) is 4.39 Å². The van der Waals surface area contributed by atoms with Crippen LogP contribution in [-0.2, 0) is 13.6 Å². The molecule has 0 amide bonds. The quantitative estimate of drug-likeness (QED) is 0.435. The van der Waals surface area contributed by atoms with Gasteiger partial charge < -0.3 is 15.1 Å². The smallest absolute Gasteiger partial charge is 0.194 e. The van der Waals surface area contributed by atoms with E-state index in [0.29, 0.717) is 6.54 Å². The van der Waals surface area contributed by atoms with Crippen molar-refractivity contribution in [2.45, 2.75) is 6.54 Å². The fourth-order valence-electron chi connectivity index (χ4n) is 2.90. The second kappa shape index (κ2) is 9.02.